The lowest BCUT2D eigenvalue weighted by atomic mass is 9.87. The molecule has 19 heavy (non-hydrogen) atoms. The van der Waals surface area contributed by atoms with Gasteiger partial charge in [-0.25, -0.2) is 14.6 Å². The van der Waals surface area contributed by atoms with Crippen LogP contribution in [-0.4, -0.2) is 32.6 Å². The van der Waals surface area contributed by atoms with Crippen molar-refractivity contribution in [2.24, 2.45) is 5.41 Å². The van der Waals surface area contributed by atoms with Crippen molar-refractivity contribution in [1.82, 2.24) is 14.9 Å². The molecule has 1 aromatic heterocycles. The van der Waals surface area contributed by atoms with Crippen molar-refractivity contribution in [1.29, 1.82) is 0 Å². The number of aliphatic carboxylic acids is 1. The Labute approximate surface area is 110 Å². The zero-order valence-corrected chi connectivity index (χ0v) is 11.1. The maximum atomic E-state index is 11.8. The molecular weight excluding hydrogens is 250 g/mol. The first-order valence-electron chi connectivity index (χ1n) is 5.75. The quantitative estimate of drug-likeness (QED) is 0.790. The molecule has 0 saturated carbocycles. The van der Waals surface area contributed by atoms with Gasteiger partial charge >= 0.3 is 11.7 Å². The molecule has 0 bridgehead atoms. The highest BCUT2D eigenvalue weighted by molar-refractivity contribution is 5.83. The van der Waals surface area contributed by atoms with Gasteiger partial charge in [-0.2, -0.15) is 0 Å². The number of carbonyl (C=O) groups is 2. The van der Waals surface area contributed by atoms with Crippen LogP contribution in [-0.2, 0) is 16.1 Å². The van der Waals surface area contributed by atoms with Gasteiger partial charge in [-0.3, -0.25) is 9.36 Å². The summed E-state index contributed by atoms with van der Waals surface area (Å²) in [7, 11) is 0. The average molecular weight is 267 g/mol. The van der Waals surface area contributed by atoms with Crippen molar-refractivity contribution in [3.8, 4) is 0 Å². The number of nitrogens with zero attached hydrogens (tertiary/aromatic N) is 2. The van der Waals surface area contributed by atoms with Crippen molar-refractivity contribution >= 4 is 11.9 Å². The topological polar surface area (TPSA) is 101 Å². The standard InChI is InChI=1S/C12H17N3O4/c1-12(2,3)9(10(17)18)14-8(16)7-15-6-4-5-13-11(15)19/h4-6,9H,7H2,1-3H3,(H,14,16)(H,17,18)/t9-/m1/s1. The second-order valence-electron chi connectivity index (χ2n) is 5.23. The van der Waals surface area contributed by atoms with Gasteiger partial charge in [0, 0.05) is 12.4 Å². The normalized spacial score (nSPS) is 12.8. The van der Waals surface area contributed by atoms with Gasteiger partial charge in [-0.05, 0) is 11.5 Å². The lowest BCUT2D eigenvalue weighted by Crippen LogP contribution is -2.50. The summed E-state index contributed by atoms with van der Waals surface area (Å²) in [5.41, 5.74) is -1.18. The van der Waals surface area contributed by atoms with E-state index in [1.54, 1.807) is 20.8 Å². The number of nitrogens with one attached hydrogen (secondary N) is 1. The average Bonchev–Trinajstić information content (AvgIpc) is 2.27. The van der Waals surface area contributed by atoms with Gasteiger partial charge in [0.1, 0.15) is 12.6 Å². The molecule has 0 aliphatic carbocycles. The lowest BCUT2D eigenvalue weighted by Gasteiger charge is -2.27. The van der Waals surface area contributed by atoms with Crippen molar-refractivity contribution < 1.29 is 14.7 Å². The minimum atomic E-state index is -1.11. The molecule has 0 saturated heterocycles. The number of hydrogen-bond donors (Lipinski definition) is 2. The third-order valence-corrected chi connectivity index (χ3v) is 2.52. The van der Waals surface area contributed by atoms with Crippen LogP contribution in [0.1, 0.15) is 20.8 Å². The largest absolute Gasteiger partial charge is 0.480 e. The second kappa shape index (κ2) is 5.64. The fourth-order valence-corrected chi connectivity index (χ4v) is 1.52. The van der Waals surface area contributed by atoms with E-state index in [0.717, 1.165) is 4.57 Å². The molecule has 1 rings (SSSR count). The first-order valence-corrected chi connectivity index (χ1v) is 5.75. The number of rotatable bonds is 4. The van der Waals surface area contributed by atoms with Crippen LogP contribution in [0.3, 0.4) is 0 Å². The van der Waals surface area contributed by atoms with Gasteiger partial charge in [0.05, 0.1) is 0 Å². The number of carbonyl (C=O) groups excluding carboxylic acids is 1. The highest BCUT2D eigenvalue weighted by atomic mass is 16.4. The van der Waals surface area contributed by atoms with E-state index in [1.807, 2.05) is 0 Å². The maximum absolute atomic E-state index is 11.8. The Morgan fingerprint density at radius 2 is 2.11 bits per heavy atom. The number of carboxylic acid groups (broad SMARTS) is 1. The number of aromatic nitrogens is 2. The molecule has 0 radical (unpaired) electrons. The molecule has 104 valence electrons. The van der Waals surface area contributed by atoms with Gasteiger partial charge in [0.25, 0.3) is 0 Å². The Morgan fingerprint density at radius 3 is 2.58 bits per heavy atom. The molecular formula is C12H17N3O4. The molecule has 0 spiro atoms. The summed E-state index contributed by atoms with van der Waals surface area (Å²) in [6.07, 6.45) is 2.74. The smallest absolute Gasteiger partial charge is 0.347 e. The van der Waals surface area contributed by atoms with E-state index >= 15 is 0 Å². The van der Waals surface area contributed by atoms with Crippen LogP contribution in [0, 0.1) is 5.41 Å². The molecule has 0 fully saturated rings. The van der Waals surface area contributed by atoms with E-state index in [9.17, 15) is 14.4 Å². The third-order valence-electron chi connectivity index (χ3n) is 2.52. The zero-order valence-electron chi connectivity index (χ0n) is 11.1. The summed E-state index contributed by atoms with van der Waals surface area (Å²) < 4.78 is 1.11. The van der Waals surface area contributed by atoms with E-state index < -0.39 is 29.0 Å². The fraction of sp³-hybridized carbons (Fsp3) is 0.500. The van der Waals surface area contributed by atoms with E-state index in [1.165, 1.54) is 18.5 Å². The first kappa shape index (κ1) is 14.9. The molecule has 1 aromatic rings. The minimum absolute atomic E-state index is 0.257. The van der Waals surface area contributed by atoms with Gasteiger partial charge in [-0.1, -0.05) is 20.8 Å². The van der Waals surface area contributed by atoms with Gasteiger partial charge < -0.3 is 10.4 Å². The van der Waals surface area contributed by atoms with Crippen molar-refractivity contribution in [3.63, 3.8) is 0 Å². The van der Waals surface area contributed by atoms with Gasteiger partial charge in [-0.15, -0.1) is 0 Å². The van der Waals surface area contributed by atoms with Crippen LogP contribution in [0.25, 0.3) is 0 Å². The van der Waals surface area contributed by atoms with Crippen LogP contribution < -0.4 is 11.0 Å². The van der Waals surface area contributed by atoms with E-state index in [-0.39, 0.29) is 6.54 Å². The molecule has 2 N–H and O–H groups in total. The molecule has 1 heterocycles. The van der Waals surface area contributed by atoms with Crippen LogP contribution in [0.2, 0.25) is 0 Å². The van der Waals surface area contributed by atoms with Crippen LogP contribution in [0.4, 0.5) is 0 Å². The predicted molar refractivity (Wildman–Crippen MR) is 67.5 cm³/mol. The zero-order chi connectivity index (χ0) is 14.6. The van der Waals surface area contributed by atoms with Crippen molar-refractivity contribution in [3.05, 3.63) is 28.9 Å². The van der Waals surface area contributed by atoms with Crippen molar-refractivity contribution in [2.45, 2.75) is 33.4 Å². The lowest BCUT2D eigenvalue weighted by molar-refractivity contribution is -0.145. The molecule has 1 atom stereocenters. The van der Waals surface area contributed by atoms with Crippen molar-refractivity contribution in [2.75, 3.05) is 0 Å². The Morgan fingerprint density at radius 1 is 1.47 bits per heavy atom. The Hall–Kier alpha value is -2.18. The van der Waals surface area contributed by atoms with E-state index in [2.05, 4.69) is 10.3 Å². The number of hydrogen-bond acceptors (Lipinski definition) is 4. The Bertz CT molecular complexity index is 530. The fourth-order valence-electron chi connectivity index (χ4n) is 1.52. The number of carboxylic acids is 1. The van der Waals surface area contributed by atoms with Gasteiger partial charge in [0.2, 0.25) is 5.91 Å². The SMILES string of the molecule is CC(C)(C)[C@H](NC(=O)Cn1cccnc1=O)C(=O)O. The van der Waals surface area contributed by atoms with Crippen LogP contribution >= 0.6 is 0 Å². The Kier molecular flexibility index (Phi) is 4.42. The summed E-state index contributed by atoms with van der Waals surface area (Å²) >= 11 is 0. The van der Waals surface area contributed by atoms with E-state index in [4.69, 9.17) is 5.11 Å². The van der Waals surface area contributed by atoms with Crippen LogP contribution in [0.15, 0.2) is 23.3 Å². The predicted octanol–water partition coefficient (Wildman–Crippen LogP) is -0.141. The highest BCUT2D eigenvalue weighted by Crippen LogP contribution is 2.19. The molecule has 1 amide bonds. The van der Waals surface area contributed by atoms with Crippen LogP contribution in [0.5, 0.6) is 0 Å². The molecule has 0 aromatic carbocycles. The molecule has 0 aliphatic rings. The first-order chi connectivity index (χ1) is 8.71. The summed E-state index contributed by atoms with van der Waals surface area (Å²) in [5.74, 6) is -1.66. The van der Waals surface area contributed by atoms with Gasteiger partial charge in [0.15, 0.2) is 0 Å². The monoisotopic (exact) mass is 267 g/mol. The highest BCUT2D eigenvalue weighted by Gasteiger charge is 2.32. The maximum Gasteiger partial charge on any atom is 0.347 e. The summed E-state index contributed by atoms with van der Waals surface area (Å²) in [6, 6.07) is 0.500. The molecule has 0 aliphatic heterocycles. The minimum Gasteiger partial charge on any atom is -0.480 e. The Balaban J connectivity index is 2.77. The second-order valence-corrected chi connectivity index (χ2v) is 5.23. The van der Waals surface area contributed by atoms with E-state index in [0.29, 0.717) is 0 Å². The number of amides is 1. The molecule has 7 heteroatoms. The summed E-state index contributed by atoms with van der Waals surface area (Å²) in [5, 5.41) is 11.5. The summed E-state index contributed by atoms with van der Waals surface area (Å²) in [4.78, 5) is 37.7. The summed E-state index contributed by atoms with van der Waals surface area (Å²) in [6.45, 7) is 4.87. The molecule has 7 nitrogen and oxygen atoms in total. The molecule has 0 unspecified atom stereocenters. The third kappa shape index (κ3) is 4.20.